The van der Waals surface area contributed by atoms with Crippen molar-refractivity contribution in [3.05, 3.63) is 28.2 Å². The fourth-order valence-electron chi connectivity index (χ4n) is 1.11. The van der Waals surface area contributed by atoms with Crippen LogP contribution in [0.3, 0.4) is 0 Å². The van der Waals surface area contributed by atoms with Gasteiger partial charge in [-0.25, -0.2) is 0 Å². The molecule has 14 heavy (non-hydrogen) atoms. The third-order valence-corrected chi connectivity index (χ3v) is 3.78. The summed E-state index contributed by atoms with van der Waals surface area (Å²) in [5.74, 6) is 0. The highest BCUT2D eigenvalue weighted by Crippen LogP contribution is 2.52. The van der Waals surface area contributed by atoms with Gasteiger partial charge in [0.05, 0.1) is 5.66 Å². The van der Waals surface area contributed by atoms with E-state index in [0.29, 0.717) is 11.3 Å². The predicted octanol–water partition coefficient (Wildman–Crippen LogP) is 2.27. The highest BCUT2D eigenvalue weighted by Gasteiger charge is 2.26. The number of hydrogen-bond donors (Lipinski definition) is 3. The van der Waals surface area contributed by atoms with Gasteiger partial charge in [0.25, 0.3) is 0 Å². The predicted molar refractivity (Wildman–Crippen MR) is 59.0 cm³/mol. The standard InChI is InChI=1S/C8H11BrNO3P/c1-5(14(11,12)13)7-3-2-6(9)4-8(7)10/h2-5H,10H2,1H3,(H2,11,12,13). The van der Waals surface area contributed by atoms with E-state index in [1.807, 2.05) is 0 Å². The summed E-state index contributed by atoms with van der Waals surface area (Å²) in [6, 6.07) is 4.95. The molecular weight excluding hydrogens is 269 g/mol. The monoisotopic (exact) mass is 279 g/mol. The van der Waals surface area contributed by atoms with E-state index in [1.165, 1.54) is 6.92 Å². The molecule has 1 atom stereocenters. The molecule has 0 aliphatic rings. The molecule has 0 aliphatic carbocycles. The van der Waals surface area contributed by atoms with Crippen LogP contribution in [0, 0.1) is 0 Å². The van der Waals surface area contributed by atoms with Crippen LogP contribution in [0.5, 0.6) is 0 Å². The quantitative estimate of drug-likeness (QED) is 0.573. The molecule has 0 bridgehead atoms. The number of benzene rings is 1. The summed E-state index contributed by atoms with van der Waals surface area (Å²) in [7, 11) is -4.12. The van der Waals surface area contributed by atoms with E-state index in [9.17, 15) is 4.57 Å². The summed E-state index contributed by atoms with van der Waals surface area (Å²) in [4.78, 5) is 18.0. The Morgan fingerprint density at radius 1 is 1.50 bits per heavy atom. The summed E-state index contributed by atoms with van der Waals surface area (Å²) in [6.07, 6.45) is 0. The second kappa shape index (κ2) is 4.03. The van der Waals surface area contributed by atoms with E-state index in [1.54, 1.807) is 18.2 Å². The van der Waals surface area contributed by atoms with E-state index in [2.05, 4.69) is 15.9 Å². The molecule has 4 N–H and O–H groups in total. The molecular formula is C8H11BrNO3P. The molecule has 0 amide bonds. The third kappa shape index (κ3) is 2.58. The van der Waals surface area contributed by atoms with Crippen LogP contribution < -0.4 is 5.73 Å². The number of hydrogen-bond acceptors (Lipinski definition) is 2. The van der Waals surface area contributed by atoms with Gasteiger partial charge in [-0.3, -0.25) is 4.57 Å². The normalized spacial score (nSPS) is 14.0. The Kier molecular flexibility index (Phi) is 3.37. The summed E-state index contributed by atoms with van der Waals surface area (Å²) < 4.78 is 11.8. The minimum atomic E-state index is -4.12. The van der Waals surface area contributed by atoms with Crippen LogP contribution in [-0.2, 0) is 4.57 Å². The van der Waals surface area contributed by atoms with Crippen LogP contribution >= 0.6 is 23.5 Å². The number of halogens is 1. The van der Waals surface area contributed by atoms with Crippen molar-refractivity contribution in [1.82, 2.24) is 0 Å². The average Bonchev–Trinajstić information content (AvgIpc) is 2.01. The number of nitrogens with two attached hydrogens (primary N) is 1. The first-order valence-corrected chi connectivity index (χ1v) is 6.40. The van der Waals surface area contributed by atoms with Gasteiger partial charge in [-0.2, -0.15) is 0 Å². The lowest BCUT2D eigenvalue weighted by molar-refractivity contribution is 0.362. The maximum Gasteiger partial charge on any atom is 0.332 e. The van der Waals surface area contributed by atoms with Crippen LogP contribution in [0.15, 0.2) is 22.7 Å². The van der Waals surface area contributed by atoms with Gasteiger partial charge in [0.15, 0.2) is 0 Å². The molecule has 0 heterocycles. The molecule has 0 aliphatic heterocycles. The molecule has 1 unspecified atom stereocenters. The lowest BCUT2D eigenvalue weighted by atomic mass is 10.1. The highest BCUT2D eigenvalue weighted by atomic mass is 79.9. The van der Waals surface area contributed by atoms with Gasteiger partial charge >= 0.3 is 7.60 Å². The molecule has 1 aromatic carbocycles. The van der Waals surface area contributed by atoms with Gasteiger partial charge in [0, 0.05) is 10.2 Å². The molecule has 78 valence electrons. The Bertz CT molecular complexity index is 390. The first kappa shape index (κ1) is 11.7. The lowest BCUT2D eigenvalue weighted by Crippen LogP contribution is -2.00. The van der Waals surface area contributed by atoms with Gasteiger partial charge in [-0.15, -0.1) is 0 Å². The molecule has 0 aromatic heterocycles. The topological polar surface area (TPSA) is 83.6 Å². The van der Waals surface area contributed by atoms with Crippen molar-refractivity contribution in [2.45, 2.75) is 12.6 Å². The van der Waals surface area contributed by atoms with Gasteiger partial charge < -0.3 is 15.5 Å². The highest BCUT2D eigenvalue weighted by molar-refractivity contribution is 9.10. The van der Waals surface area contributed by atoms with E-state index in [-0.39, 0.29) is 0 Å². The zero-order valence-corrected chi connectivity index (χ0v) is 10.00. The lowest BCUT2D eigenvalue weighted by Gasteiger charge is -2.15. The zero-order chi connectivity index (χ0) is 10.9. The number of rotatable bonds is 2. The van der Waals surface area contributed by atoms with Crippen LogP contribution in [0.1, 0.15) is 18.1 Å². The van der Waals surface area contributed by atoms with E-state index >= 15 is 0 Å². The fraction of sp³-hybridized carbons (Fsp3) is 0.250. The minimum absolute atomic E-state index is 0.384. The Balaban J connectivity index is 3.14. The molecule has 0 spiro atoms. The van der Waals surface area contributed by atoms with Crippen LogP contribution in [0.25, 0.3) is 0 Å². The maximum atomic E-state index is 11.0. The number of anilines is 1. The second-order valence-electron chi connectivity index (χ2n) is 3.04. The van der Waals surface area contributed by atoms with E-state index in [0.717, 1.165) is 4.47 Å². The molecule has 0 fully saturated rings. The maximum absolute atomic E-state index is 11.0. The van der Waals surface area contributed by atoms with Crippen LogP contribution in [0.2, 0.25) is 0 Å². The van der Waals surface area contributed by atoms with Crippen molar-refractivity contribution in [2.75, 3.05) is 5.73 Å². The molecule has 0 saturated heterocycles. The number of nitrogen functional groups attached to an aromatic ring is 1. The van der Waals surface area contributed by atoms with Crippen molar-refractivity contribution >= 4 is 29.2 Å². The van der Waals surface area contributed by atoms with Gasteiger partial charge in [0.2, 0.25) is 0 Å². The first-order valence-electron chi connectivity index (χ1n) is 3.92. The third-order valence-electron chi connectivity index (χ3n) is 2.00. The molecule has 0 saturated carbocycles. The van der Waals surface area contributed by atoms with E-state index < -0.39 is 13.3 Å². The Morgan fingerprint density at radius 3 is 2.50 bits per heavy atom. The Morgan fingerprint density at radius 2 is 2.07 bits per heavy atom. The average molecular weight is 280 g/mol. The van der Waals surface area contributed by atoms with Crippen molar-refractivity contribution in [2.24, 2.45) is 0 Å². The molecule has 0 radical (unpaired) electrons. The van der Waals surface area contributed by atoms with Crippen molar-refractivity contribution in [3.8, 4) is 0 Å². The second-order valence-corrected chi connectivity index (χ2v) is 5.91. The first-order chi connectivity index (χ1) is 6.32. The summed E-state index contributed by atoms with van der Waals surface area (Å²) >= 11 is 3.22. The minimum Gasteiger partial charge on any atom is -0.398 e. The van der Waals surface area contributed by atoms with Crippen molar-refractivity contribution < 1.29 is 14.4 Å². The van der Waals surface area contributed by atoms with Crippen LogP contribution in [0.4, 0.5) is 5.69 Å². The van der Waals surface area contributed by atoms with Crippen molar-refractivity contribution in [3.63, 3.8) is 0 Å². The van der Waals surface area contributed by atoms with Gasteiger partial charge in [0.1, 0.15) is 0 Å². The zero-order valence-electron chi connectivity index (χ0n) is 7.51. The molecule has 1 aromatic rings. The smallest absolute Gasteiger partial charge is 0.332 e. The molecule has 6 heteroatoms. The van der Waals surface area contributed by atoms with Gasteiger partial charge in [-0.05, 0) is 24.6 Å². The summed E-state index contributed by atoms with van der Waals surface area (Å²) in [5, 5.41) is 0. The van der Waals surface area contributed by atoms with Crippen LogP contribution in [-0.4, -0.2) is 9.79 Å². The fourth-order valence-corrected chi connectivity index (χ4v) is 2.08. The van der Waals surface area contributed by atoms with Crippen molar-refractivity contribution in [1.29, 1.82) is 0 Å². The van der Waals surface area contributed by atoms with E-state index in [4.69, 9.17) is 15.5 Å². The largest absolute Gasteiger partial charge is 0.398 e. The van der Waals surface area contributed by atoms with Gasteiger partial charge in [-0.1, -0.05) is 22.0 Å². The molecule has 4 nitrogen and oxygen atoms in total. The Hall–Kier alpha value is -0.350. The summed E-state index contributed by atoms with van der Waals surface area (Å²) in [5.41, 5.74) is 5.64. The SMILES string of the molecule is CC(c1ccc(Br)cc1N)P(=O)(O)O. The summed E-state index contributed by atoms with van der Waals surface area (Å²) in [6.45, 7) is 1.46. The Labute approximate surface area is 90.4 Å². The molecule has 1 rings (SSSR count).